The second-order valence-corrected chi connectivity index (χ2v) is 10.1. The number of amides is 1. The number of aromatic nitrogens is 7. The Morgan fingerprint density at radius 2 is 1.92 bits per heavy atom. The van der Waals surface area contributed by atoms with Crippen LogP contribution in [0.4, 0.5) is 17.5 Å². The van der Waals surface area contributed by atoms with Crippen LogP contribution in [-0.4, -0.2) is 40.3 Å². The van der Waals surface area contributed by atoms with E-state index in [1.807, 2.05) is 67.9 Å². The molecule has 1 saturated carbocycles. The molecule has 4 aromatic heterocycles. The number of imidazole rings is 1. The summed E-state index contributed by atoms with van der Waals surface area (Å²) >= 11 is 1.52. The first-order valence-electron chi connectivity index (χ1n) is 11.7. The van der Waals surface area contributed by atoms with Gasteiger partial charge in [-0.1, -0.05) is 11.8 Å². The number of H-pyrrole nitrogens is 1. The summed E-state index contributed by atoms with van der Waals surface area (Å²) in [4.78, 5) is 22.9. The number of rotatable bonds is 7. The highest BCUT2D eigenvalue weighted by atomic mass is 32.2. The van der Waals surface area contributed by atoms with Crippen molar-refractivity contribution >= 4 is 40.8 Å². The van der Waals surface area contributed by atoms with Crippen LogP contribution in [0.3, 0.4) is 0 Å². The SMILES string of the molecule is Cc1cn2c(Nc3cc(C4CC4)[nH]n3)nc(Sc3ccc(NC(=O)c4cc(C)n(C)n4)cc3)cc2n1. The number of benzene rings is 1. The van der Waals surface area contributed by atoms with Gasteiger partial charge in [0.1, 0.15) is 10.7 Å². The van der Waals surface area contributed by atoms with Crippen molar-refractivity contribution in [2.45, 2.75) is 42.5 Å². The molecule has 11 heteroatoms. The fourth-order valence-electron chi connectivity index (χ4n) is 3.94. The average molecular weight is 500 g/mol. The molecule has 3 N–H and O–H groups in total. The molecule has 1 aliphatic rings. The summed E-state index contributed by atoms with van der Waals surface area (Å²) in [5.74, 6) is 1.75. The number of aryl methyl sites for hydroxylation is 3. The Hall–Kier alpha value is -4.12. The smallest absolute Gasteiger partial charge is 0.276 e. The minimum absolute atomic E-state index is 0.236. The predicted molar refractivity (Wildman–Crippen MR) is 138 cm³/mol. The van der Waals surface area contributed by atoms with Crippen LogP contribution in [0.15, 0.2) is 58.6 Å². The molecule has 5 aromatic rings. The lowest BCUT2D eigenvalue weighted by atomic mass is 10.3. The molecule has 0 radical (unpaired) electrons. The molecule has 1 amide bonds. The van der Waals surface area contributed by atoms with E-state index in [9.17, 15) is 4.79 Å². The Kier molecular flexibility index (Phi) is 5.48. The van der Waals surface area contributed by atoms with Gasteiger partial charge in [0, 0.05) is 53.3 Å². The van der Waals surface area contributed by atoms with Crippen LogP contribution >= 0.6 is 11.8 Å². The second-order valence-electron chi connectivity index (χ2n) is 9.01. The normalized spacial score (nSPS) is 13.3. The van der Waals surface area contributed by atoms with Crippen molar-refractivity contribution < 1.29 is 4.79 Å². The molecule has 1 fully saturated rings. The molecule has 1 aliphatic carbocycles. The van der Waals surface area contributed by atoms with Crippen LogP contribution in [-0.2, 0) is 7.05 Å². The first-order valence-corrected chi connectivity index (χ1v) is 12.5. The van der Waals surface area contributed by atoms with Gasteiger partial charge in [0.15, 0.2) is 11.5 Å². The largest absolute Gasteiger partial charge is 0.321 e. The van der Waals surface area contributed by atoms with Crippen molar-refractivity contribution in [3.63, 3.8) is 0 Å². The molecule has 182 valence electrons. The molecular formula is C25H25N9OS. The van der Waals surface area contributed by atoms with Gasteiger partial charge < -0.3 is 10.6 Å². The lowest BCUT2D eigenvalue weighted by molar-refractivity contribution is 0.102. The van der Waals surface area contributed by atoms with E-state index >= 15 is 0 Å². The molecule has 0 spiro atoms. The van der Waals surface area contributed by atoms with Crippen molar-refractivity contribution in [1.82, 2.24) is 34.3 Å². The summed E-state index contributed by atoms with van der Waals surface area (Å²) in [6.45, 7) is 3.87. The first kappa shape index (κ1) is 22.4. The maximum absolute atomic E-state index is 12.5. The quantitative estimate of drug-likeness (QED) is 0.275. The fraction of sp³-hybridized carbons (Fsp3) is 0.240. The van der Waals surface area contributed by atoms with Crippen LogP contribution in [0.5, 0.6) is 0 Å². The van der Waals surface area contributed by atoms with Gasteiger partial charge >= 0.3 is 0 Å². The number of hydrogen-bond acceptors (Lipinski definition) is 7. The minimum Gasteiger partial charge on any atom is -0.321 e. The molecule has 6 rings (SSSR count). The van der Waals surface area contributed by atoms with E-state index in [1.165, 1.54) is 24.6 Å². The molecule has 4 heterocycles. The van der Waals surface area contributed by atoms with Crippen molar-refractivity contribution in [3.8, 4) is 0 Å². The highest BCUT2D eigenvalue weighted by Gasteiger charge is 2.25. The third-order valence-corrected chi connectivity index (χ3v) is 7.01. The Morgan fingerprint density at radius 1 is 1.11 bits per heavy atom. The number of hydrogen-bond donors (Lipinski definition) is 3. The first-order chi connectivity index (χ1) is 17.4. The standard InChI is InChI=1S/C25H25N9OS/c1-14-13-34-22(26-14)12-23(29-25(34)28-21-11-19(30-31-21)16-4-5-16)36-18-8-6-17(7-9-18)27-24(35)20-10-15(2)33(3)32-20/h6-13,16H,4-5H2,1-3H3,(H,27,35)(H2,28,29,30,31). The van der Waals surface area contributed by atoms with E-state index in [1.54, 1.807) is 10.7 Å². The zero-order valence-corrected chi connectivity index (χ0v) is 20.9. The number of carbonyl (C=O) groups excluding carboxylic acids is 1. The zero-order chi connectivity index (χ0) is 24.8. The maximum atomic E-state index is 12.5. The molecule has 0 atom stereocenters. The summed E-state index contributed by atoms with van der Waals surface area (Å²) in [6, 6.07) is 13.4. The molecule has 10 nitrogen and oxygen atoms in total. The van der Waals surface area contributed by atoms with Crippen LogP contribution in [0.2, 0.25) is 0 Å². The Labute approximate surface area is 211 Å². The number of nitrogens with zero attached hydrogens (tertiary/aromatic N) is 6. The highest BCUT2D eigenvalue weighted by Crippen LogP contribution is 2.39. The molecular weight excluding hydrogens is 474 g/mol. The number of fused-ring (bicyclic) bond motifs is 1. The molecule has 36 heavy (non-hydrogen) atoms. The summed E-state index contributed by atoms with van der Waals surface area (Å²) in [5, 5.41) is 18.8. The molecule has 0 unspecified atom stereocenters. The monoisotopic (exact) mass is 499 g/mol. The topological polar surface area (TPSA) is 118 Å². The van der Waals surface area contributed by atoms with Gasteiger partial charge in [-0.3, -0.25) is 19.0 Å². The van der Waals surface area contributed by atoms with Crippen molar-refractivity contribution in [2.75, 3.05) is 10.6 Å². The van der Waals surface area contributed by atoms with Crippen molar-refractivity contribution in [3.05, 3.63) is 71.4 Å². The van der Waals surface area contributed by atoms with Gasteiger partial charge in [-0.2, -0.15) is 10.2 Å². The molecule has 0 aliphatic heterocycles. The number of nitrogens with one attached hydrogen (secondary N) is 3. The lowest BCUT2D eigenvalue weighted by Crippen LogP contribution is -2.12. The Morgan fingerprint density at radius 3 is 2.64 bits per heavy atom. The van der Waals surface area contributed by atoms with E-state index < -0.39 is 0 Å². The third kappa shape index (κ3) is 4.57. The Bertz CT molecular complexity index is 1560. The van der Waals surface area contributed by atoms with Crippen LogP contribution in [0.25, 0.3) is 5.65 Å². The number of aromatic amines is 1. The van der Waals surface area contributed by atoms with E-state index in [-0.39, 0.29) is 5.91 Å². The van der Waals surface area contributed by atoms with Gasteiger partial charge in [-0.05, 0) is 57.0 Å². The van der Waals surface area contributed by atoms with E-state index in [2.05, 4.69) is 30.9 Å². The third-order valence-electron chi connectivity index (χ3n) is 6.09. The van der Waals surface area contributed by atoms with Crippen LogP contribution < -0.4 is 10.6 Å². The maximum Gasteiger partial charge on any atom is 0.276 e. The summed E-state index contributed by atoms with van der Waals surface area (Å²) in [5.41, 5.74) is 4.89. The van der Waals surface area contributed by atoms with E-state index in [0.29, 0.717) is 23.2 Å². The van der Waals surface area contributed by atoms with E-state index in [0.717, 1.165) is 38.5 Å². The molecule has 0 bridgehead atoms. The van der Waals surface area contributed by atoms with Gasteiger partial charge in [-0.25, -0.2) is 9.97 Å². The lowest BCUT2D eigenvalue weighted by Gasteiger charge is -2.09. The minimum atomic E-state index is -0.236. The van der Waals surface area contributed by atoms with Crippen LogP contribution in [0.1, 0.15) is 46.3 Å². The summed E-state index contributed by atoms with van der Waals surface area (Å²) < 4.78 is 3.62. The van der Waals surface area contributed by atoms with Gasteiger partial charge in [0.2, 0.25) is 5.95 Å². The fourth-order valence-corrected chi connectivity index (χ4v) is 4.75. The molecule has 1 aromatic carbocycles. The predicted octanol–water partition coefficient (Wildman–Crippen LogP) is 4.83. The van der Waals surface area contributed by atoms with Crippen molar-refractivity contribution in [2.24, 2.45) is 7.05 Å². The Balaban J connectivity index is 1.20. The summed E-state index contributed by atoms with van der Waals surface area (Å²) in [6.07, 6.45) is 4.37. The van der Waals surface area contributed by atoms with Crippen LogP contribution in [0, 0.1) is 13.8 Å². The highest BCUT2D eigenvalue weighted by molar-refractivity contribution is 7.99. The summed E-state index contributed by atoms with van der Waals surface area (Å²) in [7, 11) is 1.81. The van der Waals surface area contributed by atoms with Gasteiger partial charge in [0.05, 0.1) is 5.69 Å². The average Bonchev–Trinajstić information content (AvgIpc) is 3.33. The van der Waals surface area contributed by atoms with Gasteiger partial charge in [0.25, 0.3) is 5.91 Å². The van der Waals surface area contributed by atoms with Crippen molar-refractivity contribution in [1.29, 1.82) is 0 Å². The van der Waals surface area contributed by atoms with E-state index in [4.69, 9.17) is 4.98 Å². The van der Waals surface area contributed by atoms with Gasteiger partial charge in [-0.15, -0.1) is 0 Å². The zero-order valence-electron chi connectivity index (χ0n) is 20.1. The second kappa shape index (κ2) is 8.83. The number of carbonyl (C=O) groups is 1. The molecule has 0 saturated heterocycles. The number of anilines is 3.